The molecule has 0 heterocycles. The van der Waals surface area contributed by atoms with Crippen molar-refractivity contribution in [1.29, 1.82) is 0 Å². The van der Waals surface area contributed by atoms with Gasteiger partial charge in [0.15, 0.2) is 5.75 Å². The lowest BCUT2D eigenvalue weighted by atomic mass is 10.1. The van der Waals surface area contributed by atoms with Gasteiger partial charge >= 0.3 is 0 Å². The van der Waals surface area contributed by atoms with Crippen LogP contribution in [0, 0.1) is 0 Å². The summed E-state index contributed by atoms with van der Waals surface area (Å²) in [5, 5.41) is 2.38. The van der Waals surface area contributed by atoms with Crippen LogP contribution in [-0.4, -0.2) is 0 Å². The van der Waals surface area contributed by atoms with E-state index in [1.807, 2.05) is 54.6 Å². The number of hydrogen-bond acceptors (Lipinski definition) is 2. The second-order valence-corrected chi connectivity index (χ2v) is 4.08. The highest BCUT2D eigenvalue weighted by Gasteiger charge is 1.97. The van der Waals surface area contributed by atoms with Gasteiger partial charge in [0.2, 0.25) is 0 Å². The Bertz CT molecular complexity index is 649. The van der Waals surface area contributed by atoms with Crippen LogP contribution >= 0.6 is 0 Å². The first-order valence-electron chi connectivity index (χ1n) is 5.88. The van der Waals surface area contributed by atoms with E-state index in [0.717, 1.165) is 11.4 Å². The summed E-state index contributed by atoms with van der Waals surface area (Å²) in [5.41, 5.74) is 3.86. The molecule has 3 aromatic rings. The third-order valence-corrected chi connectivity index (χ3v) is 2.78. The van der Waals surface area contributed by atoms with Crippen LogP contribution in [0.3, 0.4) is 0 Å². The van der Waals surface area contributed by atoms with Gasteiger partial charge in [0.05, 0.1) is 5.69 Å². The zero-order valence-corrected chi connectivity index (χ0v) is 9.84. The van der Waals surface area contributed by atoms with Gasteiger partial charge in [-0.1, -0.05) is 48.5 Å². The smallest absolute Gasteiger partial charge is 0.155 e. The minimum atomic E-state index is 0.803. The lowest BCUT2D eigenvalue weighted by Gasteiger charge is -2.08. The van der Waals surface area contributed by atoms with Crippen molar-refractivity contribution in [2.75, 3.05) is 5.48 Å². The molecule has 0 aliphatic heterocycles. The molecule has 0 aromatic heterocycles. The molecule has 0 unspecified atom stereocenters. The third-order valence-electron chi connectivity index (χ3n) is 2.78. The van der Waals surface area contributed by atoms with Gasteiger partial charge in [-0.15, -0.1) is 0 Å². The number of anilines is 1. The molecule has 0 saturated heterocycles. The molecule has 0 saturated carbocycles. The molecule has 3 aromatic carbocycles. The summed E-state index contributed by atoms with van der Waals surface area (Å²) >= 11 is 0. The van der Waals surface area contributed by atoms with Gasteiger partial charge in [0.25, 0.3) is 0 Å². The monoisotopic (exact) mass is 235 g/mol. The van der Waals surface area contributed by atoms with E-state index >= 15 is 0 Å². The summed E-state index contributed by atoms with van der Waals surface area (Å²) in [6.45, 7) is 0. The van der Waals surface area contributed by atoms with Crippen LogP contribution in [0.25, 0.3) is 10.8 Å². The fraction of sp³-hybridized carbons (Fsp3) is 0. The van der Waals surface area contributed by atoms with E-state index in [0.29, 0.717) is 0 Å². The lowest BCUT2D eigenvalue weighted by molar-refractivity contribution is 0.406. The molecule has 0 aliphatic carbocycles. The summed E-state index contributed by atoms with van der Waals surface area (Å²) in [6, 6.07) is 24.1. The van der Waals surface area contributed by atoms with Crippen molar-refractivity contribution in [1.82, 2.24) is 0 Å². The summed E-state index contributed by atoms with van der Waals surface area (Å²) in [4.78, 5) is 5.55. The highest BCUT2D eigenvalue weighted by molar-refractivity contribution is 5.83. The SMILES string of the molecule is c1ccc(NOc2ccc3ccccc3c2)cc1. The predicted molar refractivity (Wildman–Crippen MR) is 74.6 cm³/mol. The number of nitrogens with one attached hydrogen (secondary N) is 1. The minimum Gasteiger partial charge on any atom is -0.382 e. The zero-order chi connectivity index (χ0) is 12.2. The molecule has 0 bridgehead atoms. The van der Waals surface area contributed by atoms with Crippen molar-refractivity contribution in [2.24, 2.45) is 0 Å². The first kappa shape index (κ1) is 10.7. The number of hydrogen-bond donors (Lipinski definition) is 1. The molecule has 2 nitrogen and oxygen atoms in total. The van der Waals surface area contributed by atoms with Crippen LogP contribution in [0.15, 0.2) is 72.8 Å². The molecule has 2 heteroatoms. The standard InChI is InChI=1S/C16H13NO/c1-2-8-15(9-3-1)17-18-16-11-10-13-6-4-5-7-14(13)12-16/h1-12,17H. The molecule has 0 aliphatic rings. The van der Waals surface area contributed by atoms with Crippen LogP contribution in [0.4, 0.5) is 5.69 Å². The van der Waals surface area contributed by atoms with Crippen LogP contribution in [0.1, 0.15) is 0 Å². The van der Waals surface area contributed by atoms with Gasteiger partial charge in [0.1, 0.15) is 0 Å². The molecule has 0 radical (unpaired) electrons. The maximum absolute atomic E-state index is 5.55. The van der Waals surface area contributed by atoms with Crippen LogP contribution in [0.5, 0.6) is 5.75 Å². The van der Waals surface area contributed by atoms with Gasteiger partial charge in [0, 0.05) is 0 Å². The molecular formula is C16H13NO. The fourth-order valence-corrected chi connectivity index (χ4v) is 1.85. The van der Waals surface area contributed by atoms with E-state index in [9.17, 15) is 0 Å². The molecule has 0 amide bonds. The average molecular weight is 235 g/mol. The predicted octanol–water partition coefficient (Wildman–Crippen LogP) is 4.25. The fourth-order valence-electron chi connectivity index (χ4n) is 1.85. The first-order chi connectivity index (χ1) is 8.92. The van der Waals surface area contributed by atoms with Crippen molar-refractivity contribution in [3.05, 3.63) is 72.8 Å². The van der Waals surface area contributed by atoms with E-state index in [1.54, 1.807) is 0 Å². The van der Waals surface area contributed by atoms with Gasteiger partial charge in [-0.25, -0.2) is 5.48 Å². The molecule has 0 spiro atoms. The second-order valence-electron chi connectivity index (χ2n) is 4.08. The van der Waals surface area contributed by atoms with Crippen LogP contribution in [0.2, 0.25) is 0 Å². The summed E-state index contributed by atoms with van der Waals surface area (Å²) in [5.74, 6) is 0.803. The molecule has 0 atom stereocenters. The lowest BCUT2D eigenvalue weighted by Crippen LogP contribution is -2.03. The Morgan fingerprint density at radius 2 is 1.39 bits per heavy atom. The topological polar surface area (TPSA) is 21.3 Å². The summed E-state index contributed by atoms with van der Waals surface area (Å²) < 4.78 is 0. The normalized spacial score (nSPS) is 10.2. The second kappa shape index (κ2) is 4.80. The first-order valence-corrected chi connectivity index (χ1v) is 5.88. The van der Waals surface area contributed by atoms with Crippen LogP contribution in [-0.2, 0) is 0 Å². The van der Waals surface area contributed by atoms with Crippen molar-refractivity contribution >= 4 is 16.5 Å². The Labute approximate surface area is 106 Å². The third kappa shape index (κ3) is 2.28. The quantitative estimate of drug-likeness (QED) is 0.685. The molecule has 0 fully saturated rings. The number of benzene rings is 3. The van der Waals surface area contributed by atoms with E-state index in [2.05, 4.69) is 23.7 Å². The van der Waals surface area contributed by atoms with Crippen molar-refractivity contribution in [2.45, 2.75) is 0 Å². The van der Waals surface area contributed by atoms with E-state index < -0.39 is 0 Å². The minimum absolute atomic E-state index is 0.803. The number of para-hydroxylation sites is 1. The van der Waals surface area contributed by atoms with Gasteiger partial charge in [-0.3, -0.25) is 0 Å². The zero-order valence-electron chi connectivity index (χ0n) is 9.84. The van der Waals surface area contributed by atoms with Crippen molar-refractivity contribution in [3.8, 4) is 5.75 Å². The van der Waals surface area contributed by atoms with Crippen molar-refractivity contribution in [3.63, 3.8) is 0 Å². The van der Waals surface area contributed by atoms with Gasteiger partial charge in [-0.05, 0) is 35.0 Å². The molecular weight excluding hydrogens is 222 g/mol. The number of fused-ring (bicyclic) bond motifs is 1. The molecule has 3 rings (SSSR count). The van der Waals surface area contributed by atoms with Crippen molar-refractivity contribution < 1.29 is 4.84 Å². The Balaban J connectivity index is 1.79. The van der Waals surface area contributed by atoms with Gasteiger partial charge < -0.3 is 4.84 Å². The Kier molecular flexibility index (Phi) is 2.84. The molecule has 88 valence electrons. The molecule has 1 N–H and O–H groups in total. The van der Waals surface area contributed by atoms with Gasteiger partial charge in [-0.2, -0.15) is 0 Å². The maximum atomic E-state index is 5.55. The van der Waals surface area contributed by atoms with E-state index in [4.69, 9.17) is 4.84 Å². The van der Waals surface area contributed by atoms with E-state index in [1.165, 1.54) is 10.8 Å². The highest BCUT2D eigenvalue weighted by atomic mass is 16.6. The summed E-state index contributed by atoms with van der Waals surface area (Å²) in [6.07, 6.45) is 0. The van der Waals surface area contributed by atoms with Crippen LogP contribution < -0.4 is 10.3 Å². The Morgan fingerprint density at radius 1 is 0.667 bits per heavy atom. The Hall–Kier alpha value is -2.48. The largest absolute Gasteiger partial charge is 0.382 e. The maximum Gasteiger partial charge on any atom is 0.155 e. The summed E-state index contributed by atoms with van der Waals surface area (Å²) in [7, 11) is 0. The highest BCUT2D eigenvalue weighted by Crippen LogP contribution is 2.20. The average Bonchev–Trinajstić information content (AvgIpc) is 2.46. The number of rotatable bonds is 3. The molecule has 18 heavy (non-hydrogen) atoms. The van der Waals surface area contributed by atoms with E-state index in [-0.39, 0.29) is 0 Å². The Morgan fingerprint density at radius 3 is 2.22 bits per heavy atom.